The summed E-state index contributed by atoms with van der Waals surface area (Å²) in [6.45, 7) is 2.28. The molecule has 1 aromatic heterocycles. The average molecular weight is 454 g/mol. The van der Waals surface area contributed by atoms with E-state index < -0.39 is 17.5 Å². The molecule has 3 heterocycles. The fraction of sp³-hybridized carbons (Fsp3) is 0.292. The normalized spacial score (nSPS) is 15.5. The van der Waals surface area contributed by atoms with Crippen molar-refractivity contribution in [2.75, 3.05) is 24.5 Å². The number of nitrogens with zero attached hydrogens (tertiary/aromatic N) is 4. The molecule has 2 aliphatic rings. The van der Waals surface area contributed by atoms with Gasteiger partial charge >= 0.3 is 0 Å². The van der Waals surface area contributed by atoms with Gasteiger partial charge in [0.05, 0.1) is 17.8 Å². The van der Waals surface area contributed by atoms with E-state index in [9.17, 15) is 18.0 Å². The monoisotopic (exact) mass is 454 g/mol. The Hall–Kier alpha value is -3.62. The fourth-order valence-corrected chi connectivity index (χ4v) is 4.11. The number of hydrogen-bond donors (Lipinski definition) is 0. The van der Waals surface area contributed by atoms with Crippen molar-refractivity contribution in [3.8, 4) is 11.6 Å². The van der Waals surface area contributed by atoms with Gasteiger partial charge in [0, 0.05) is 37.7 Å². The zero-order valence-corrected chi connectivity index (χ0v) is 17.7. The third-order valence-electron chi connectivity index (χ3n) is 5.88. The Morgan fingerprint density at radius 2 is 1.67 bits per heavy atom. The van der Waals surface area contributed by atoms with Crippen LogP contribution in [0.4, 0.5) is 19.1 Å². The molecular weight excluding hydrogens is 433 g/mol. The van der Waals surface area contributed by atoms with Crippen LogP contribution in [0.15, 0.2) is 42.5 Å². The minimum Gasteiger partial charge on any atom is -0.438 e. The minimum absolute atomic E-state index is 0.101. The first-order valence-electron chi connectivity index (χ1n) is 10.8. The molecule has 0 saturated carbocycles. The van der Waals surface area contributed by atoms with E-state index >= 15 is 0 Å². The Morgan fingerprint density at radius 3 is 2.39 bits per heavy atom. The van der Waals surface area contributed by atoms with E-state index in [1.807, 2.05) is 0 Å². The molecule has 33 heavy (non-hydrogen) atoms. The second-order valence-corrected chi connectivity index (χ2v) is 8.11. The number of halogens is 3. The van der Waals surface area contributed by atoms with Crippen LogP contribution in [0.3, 0.4) is 0 Å². The highest BCUT2D eigenvalue weighted by Crippen LogP contribution is 2.33. The van der Waals surface area contributed by atoms with Gasteiger partial charge in [-0.1, -0.05) is 0 Å². The summed E-state index contributed by atoms with van der Waals surface area (Å²) in [6, 6.07) is 8.65. The van der Waals surface area contributed by atoms with E-state index in [1.165, 1.54) is 30.3 Å². The first kappa shape index (κ1) is 21.2. The van der Waals surface area contributed by atoms with Crippen molar-refractivity contribution in [1.82, 2.24) is 14.9 Å². The average Bonchev–Trinajstić information content (AvgIpc) is 3.36. The van der Waals surface area contributed by atoms with E-state index in [2.05, 4.69) is 9.88 Å². The Kier molecular flexibility index (Phi) is 5.62. The molecule has 0 N–H and O–H groups in total. The molecule has 0 spiro atoms. The predicted octanol–water partition coefficient (Wildman–Crippen LogP) is 4.48. The Bertz CT molecular complexity index is 1200. The van der Waals surface area contributed by atoms with E-state index in [0.29, 0.717) is 30.0 Å². The summed E-state index contributed by atoms with van der Waals surface area (Å²) in [4.78, 5) is 26.0. The van der Waals surface area contributed by atoms with E-state index in [0.717, 1.165) is 43.8 Å². The molecular formula is C24H21F3N4O2. The zero-order valence-electron chi connectivity index (χ0n) is 17.7. The summed E-state index contributed by atoms with van der Waals surface area (Å²) in [5, 5.41) is 0. The predicted molar refractivity (Wildman–Crippen MR) is 115 cm³/mol. The van der Waals surface area contributed by atoms with Crippen molar-refractivity contribution in [1.29, 1.82) is 0 Å². The molecule has 6 nitrogen and oxygen atoms in total. The van der Waals surface area contributed by atoms with Gasteiger partial charge < -0.3 is 14.5 Å². The van der Waals surface area contributed by atoms with Crippen LogP contribution in [-0.2, 0) is 13.0 Å². The topological polar surface area (TPSA) is 58.6 Å². The Balaban J connectivity index is 1.48. The van der Waals surface area contributed by atoms with Crippen molar-refractivity contribution in [3.05, 3.63) is 76.7 Å². The van der Waals surface area contributed by atoms with Crippen LogP contribution in [0, 0.1) is 17.5 Å². The molecule has 0 atom stereocenters. The number of anilines is 1. The molecule has 0 bridgehead atoms. The summed E-state index contributed by atoms with van der Waals surface area (Å²) in [5.74, 6) is -1.82. The minimum atomic E-state index is -1.02. The lowest BCUT2D eigenvalue weighted by Gasteiger charge is -2.30. The molecule has 1 fully saturated rings. The molecule has 1 amide bonds. The molecule has 170 valence electrons. The SMILES string of the molecule is O=C(c1ccc(F)cc1)N1CCc2nc(N3CCCC3)nc(Oc3ccc(F)c(F)c3)c2C1. The number of carbonyl (C=O) groups excluding carboxylic acids is 1. The number of hydrogen-bond acceptors (Lipinski definition) is 5. The van der Waals surface area contributed by atoms with Crippen LogP contribution in [0.25, 0.3) is 0 Å². The van der Waals surface area contributed by atoms with Gasteiger partial charge in [-0.2, -0.15) is 4.98 Å². The summed E-state index contributed by atoms with van der Waals surface area (Å²) in [7, 11) is 0. The maximum Gasteiger partial charge on any atom is 0.254 e. The molecule has 9 heteroatoms. The molecule has 2 aliphatic heterocycles. The van der Waals surface area contributed by atoms with Gasteiger partial charge in [0.25, 0.3) is 5.91 Å². The number of rotatable bonds is 4. The van der Waals surface area contributed by atoms with Crippen LogP contribution in [0.5, 0.6) is 11.6 Å². The maximum absolute atomic E-state index is 13.8. The summed E-state index contributed by atoms with van der Waals surface area (Å²) in [6.07, 6.45) is 2.57. The highest BCUT2D eigenvalue weighted by atomic mass is 19.2. The van der Waals surface area contributed by atoms with Gasteiger partial charge in [0.15, 0.2) is 11.6 Å². The molecule has 5 rings (SSSR count). The van der Waals surface area contributed by atoms with Crippen LogP contribution in [-0.4, -0.2) is 40.4 Å². The van der Waals surface area contributed by atoms with Gasteiger partial charge in [0.2, 0.25) is 11.8 Å². The second kappa shape index (κ2) is 8.73. The maximum atomic E-state index is 13.8. The largest absolute Gasteiger partial charge is 0.438 e. The first-order valence-corrected chi connectivity index (χ1v) is 10.8. The molecule has 2 aromatic carbocycles. The standard InChI is InChI=1S/C24H21F3N4O2/c25-16-5-3-15(4-6-16)23(32)31-12-9-21-18(14-31)22(29-24(28-21)30-10-1-2-11-30)33-17-7-8-19(26)20(27)13-17/h3-8,13H,1-2,9-12,14H2. The lowest BCUT2D eigenvalue weighted by molar-refractivity contribution is 0.0732. The summed E-state index contributed by atoms with van der Waals surface area (Å²) >= 11 is 0. The Morgan fingerprint density at radius 1 is 0.909 bits per heavy atom. The van der Waals surface area contributed by atoms with Gasteiger partial charge in [-0.3, -0.25) is 4.79 Å². The Labute approximate surface area is 188 Å². The van der Waals surface area contributed by atoms with Crippen molar-refractivity contribution in [2.24, 2.45) is 0 Å². The number of benzene rings is 2. The van der Waals surface area contributed by atoms with Gasteiger partial charge in [-0.05, 0) is 49.2 Å². The highest BCUT2D eigenvalue weighted by molar-refractivity contribution is 5.94. The highest BCUT2D eigenvalue weighted by Gasteiger charge is 2.29. The number of fused-ring (bicyclic) bond motifs is 1. The number of amides is 1. The van der Waals surface area contributed by atoms with E-state index in [4.69, 9.17) is 9.72 Å². The molecule has 1 saturated heterocycles. The summed E-state index contributed by atoms with van der Waals surface area (Å²) < 4.78 is 46.3. The number of aromatic nitrogens is 2. The molecule has 0 radical (unpaired) electrons. The lowest BCUT2D eigenvalue weighted by atomic mass is 10.1. The van der Waals surface area contributed by atoms with Gasteiger partial charge in [-0.25, -0.2) is 18.2 Å². The van der Waals surface area contributed by atoms with Crippen molar-refractivity contribution < 1.29 is 22.7 Å². The van der Waals surface area contributed by atoms with E-state index in [-0.39, 0.29) is 24.1 Å². The third kappa shape index (κ3) is 4.35. The number of ether oxygens (including phenoxy) is 1. The van der Waals surface area contributed by atoms with Crippen LogP contribution in [0.2, 0.25) is 0 Å². The van der Waals surface area contributed by atoms with Gasteiger partial charge in [-0.15, -0.1) is 0 Å². The molecule has 0 aliphatic carbocycles. The summed E-state index contributed by atoms with van der Waals surface area (Å²) in [5.41, 5.74) is 1.74. The van der Waals surface area contributed by atoms with Crippen LogP contribution in [0.1, 0.15) is 34.5 Å². The van der Waals surface area contributed by atoms with Crippen LogP contribution >= 0.6 is 0 Å². The zero-order chi connectivity index (χ0) is 22.9. The van der Waals surface area contributed by atoms with E-state index in [1.54, 1.807) is 4.90 Å². The third-order valence-corrected chi connectivity index (χ3v) is 5.88. The molecule has 3 aromatic rings. The van der Waals surface area contributed by atoms with Gasteiger partial charge in [0.1, 0.15) is 11.6 Å². The fourth-order valence-electron chi connectivity index (χ4n) is 4.11. The second-order valence-electron chi connectivity index (χ2n) is 8.11. The quantitative estimate of drug-likeness (QED) is 0.582. The lowest BCUT2D eigenvalue weighted by Crippen LogP contribution is -2.37. The van der Waals surface area contributed by atoms with Crippen molar-refractivity contribution in [2.45, 2.75) is 25.8 Å². The first-order chi connectivity index (χ1) is 16.0. The van der Waals surface area contributed by atoms with Crippen molar-refractivity contribution >= 4 is 11.9 Å². The smallest absolute Gasteiger partial charge is 0.254 e. The van der Waals surface area contributed by atoms with Crippen molar-refractivity contribution in [3.63, 3.8) is 0 Å². The number of carbonyl (C=O) groups is 1. The molecule has 0 unspecified atom stereocenters. The van der Waals surface area contributed by atoms with Crippen LogP contribution < -0.4 is 9.64 Å².